The normalized spacial score (nSPS) is 10.5. The lowest BCUT2D eigenvalue weighted by molar-refractivity contribution is -0.385. The summed E-state index contributed by atoms with van der Waals surface area (Å²) >= 11 is 0. The zero-order valence-electron chi connectivity index (χ0n) is 12.0. The third kappa shape index (κ3) is 4.00. The van der Waals surface area contributed by atoms with E-state index < -0.39 is 9.85 Å². The van der Waals surface area contributed by atoms with Crippen LogP contribution in [0.3, 0.4) is 0 Å². The highest BCUT2D eigenvalue weighted by atomic mass is 16.6. The molecule has 2 aromatic rings. The monoisotopic (exact) mass is 316 g/mol. The Kier molecular flexibility index (Phi) is 4.82. The third-order valence-electron chi connectivity index (χ3n) is 2.88. The summed E-state index contributed by atoms with van der Waals surface area (Å²) < 4.78 is 4.91. The van der Waals surface area contributed by atoms with E-state index in [9.17, 15) is 20.2 Å². The predicted molar refractivity (Wildman–Crippen MR) is 84.0 cm³/mol. The largest absolute Gasteiger partial charge is 0.490 e. The van der Waals surface area contributed by atoms with E-state index >= 15 is 0 Å². The summed E-state index contributed by atoms with van der Waals surface area (Å²) in [5.74, 6) is 0.162. The van der Waals surface area contributed by atoms with Crippen molar-refractivity contribution in [2.75, 3.05) is 12.5 Å². The van der Waals surface area contributed by atoms with Crippen LogP contribution < -0.4 is 10.2 Å². The maximum Gasteiger partial charge on any atom is 0.311 e. The molecule has 9 nitrogen and oxygen atoms in total. The van der Waals surface area contributed by atoms with Gasteiger partial charge < -0.3 is 4.74 Å². The molecular weight excluding hydrogens is 304 g/mol. The minimum atomic E-state index is -0.542. The molecular formula is C14H12N4O5. The molecule has 0 fully saturated rings. The molecule has 23 heavy (non-hydrogen) atoms. The first-order valence-electron chi connectivity index (χ1n) is 6.37. The van der Waals surface area contributed by atoms with Crippen molar-refractivity contribution < 1.29 is 14.6 Å². The van der Waals surface area contributed by atoms with Gasteiger partial charge in [-0.25, -0.2) is 0 Å². The predicted octanol–water partition coefficient (Wildman–Crippen LogP) is 2.96. The van der Waals surface area contributed by atoms with Gasteiger partial charge in [0.15, 0.2) is 5.75 Å². The van der Waals surface area contributed by atoms with Gasteiger partial charge in [0, 0.05) is 23.8 Å². The van der Waals surface area contributed by atoms with Crippen molar-refractivity contribution in [3.63, 3.8) is 0 Å². The van der Waals surface area contributed by atoms with Crippen molar-refractivity contribution in [1.29, 1.82) is 0 Å². The smallest absolute Gasteiger partial charge is 0.311 e. The quantitative estimate of drug-likeness (QED) is 0.497. The zero-order chi connectivity index (χ0) is 16.8. The Morgan fingerprint density at radius 1 is 1.09 bits per heavy atom. The number of nitro benzene ring substituents is 2. The van der Waals surface area contributed by atoms with E-state index in [1.54, 1.807) is 6.07 Å². The van der Waals surface area contributed by atoms with Gasteiger partial charge in [-0.2, -0.15) is 5.10 Å². The molecule has 0 spiro atoms. The first kappa shape index (κ1) is 15.9. The molecule has 0 unspecified atom stereocenters. The van der Waals surface area contributed by atoms with E-state index in [1.807, 2.05) is 0 Å². The summed E-state index contributed by atoms with van der Waals surface area (Å²) in [6, 6.07) is 10.1. The van der Waals surface area contributed by atoms with Crippen LogP contribution in [0.1, 0.15) is 5.56 Å². The van der Waals surface area contributed by atoms with Gasteiger partial charge in [-0.15, -0.1) is 0 Å². The van der Waals surface area contributed by atoms with Crippen LogP contribution >= 0.6 is 0 Å². The number of nitro groups is 2. The number of hydrogen-bond acceptors (Lipinski definition) is 7. The maximum atomic E-state index is 10.9. The summed E-state index contributed by atoms with van der Waals surface area (Å²) in [5.41, 5.74) is 3.56. The lowest BCUT2D eigenvalue weighted by atomic mass is 10.2. The fraction of sp³-hybridized carbons (Fsp3) is 0.0714. The fourth-order valence-corrected chi connectivity index (χ4v) is 1.77. The Morgan fingerprint density at radius 2 is 1.78 bits per heavy atom. The standard InChI is InChI=1S/C14H12N4O5/c1-23-14-7-2-10(8-13(14)18(21)22)9-15-16-11-3-5-12(6-4-11)17(19)20/h2-9,16H,1H3/b15-9+. The number of hydrazone groups is 1. The Hall–Kier alpha value is -3.49. The van der Waals surface area contributed by atoms with Gasteiger partial charge in [-0.1, -0.05) is 0 Å². The topological polar surface area (TPSA) is 120 Å². The van der Waals surface area contributed by atoms with Crippen LogP contribution in [-0.2, 0) is 0 Å². The SMILES string of the molecule is COc1ccc(/C=N/Nc2ccc([N+](=O)[O-])cc2)cc1[N+](=O)[O-]. The van der Waals surface area contributed by atoms with E-state index in [0.717, 1.165) is 0 Å². The van der Waals surface area contributed by atoms with Crippen LogP contribution in [0, 0.1) is 20.2 Å². The van der Waals surface area contributed by atoms with Crippen LogP contribution in [0.4, 0.5) is 17.1 Å². The molecule has 2 aromatic carbocycles. The van der Waals surface area contributed by atoms with Crippen molar-refractivity contribution in [2.45, 2.75) is 0 Å². The van der Waals surface area contributed by atoms with Gasteiger partial charge in [0.05, 0.1) is 28.9 Å². The lowest BCUT2D eigenvalue weighted by Crippen LogP contribution is -1.96. The number of nitrogens with zero attached hydrogens (tertiary/aromatic N) is 3. The lowest BCUT2D eigenvalue weighted by Gasteiger charge is -2.02. The molecule has 0 aromatic heterocycles. The van der Waals surface area contributed by atoms with Gasteiger partial charge >= 0.3 is 5.69 Å². The summed E-state index contributed by atoms with van der Waals surface area (Å²) in [6.45, 7) is 0. The molecule has 1 N–H and O–H groups in total. The number of anilines is 1. The number of non-ortho nitro benzene ring substituents is 1. The van der Waals surface area contributed by atoms with Crippen molar-refractivity contribution in [2.24, 2.45) is 5.10 Å². The average molecular weight is 316 g/mol. The number of ether oxygens (including phenoxy) is 1. The van der Waals surface area contributed by atoms with Gasteiger partial charge in [-0.3, -0.25) is 25.7 Å². The minimum Gasteiger partial charge on any atom is -0.490 e. The molecule has 118 valence electrons. The van der Waals surface area contributed by atoms with E-state index in [1.165, 1.54) is 49.7 Å². The fourth-order valence-electron chi connectivity index (χ4n) is 1.77. The molecule has 0 aliphatic carbocycles. The highest BCUT2D eigenvalue weighted by Crippen LogP contribution is 2.26. The third-order valence-corrected chi connectivity index (χ3v) is 2.88. The summed E-state index contributed by atoms with van der Waals surface area (Å²) in [4.78, 5) is 20.4. The Bertz CT molecular complexity index is 758. The van der Waals surface area contributed by atoms with Crippen LogP contribution in [0.5, 0.6) is 5.75 Å². The summed E-state index contributed by atoms with van der Waals surface area (Å²) in [7, 11) is 1.35. The van der Waals surface area contributed by atoms with Gasteiger partial charge in [0.25, 0.3) is 5.69 Å². The number of benzene rings is 2. The summed E-state index contributed by atoms with van der Waals surface area (Å²) in [6.07, 6.45) is 1.40. The van der Waals surface area contributed by atoms with Gasteiger partial charge in [-0.05, 0) is 24.3 Å². The molecule has 0 radical (unpaired) electrons. The first-order valence-corrected chi connectivity index (χ1v) is 6.37. The molecule has 0 saturated heterocycles. The molecule has 0 aliphatic heterocycles. The van der Waals surface area contributed by atoms with Gasteiger partial charge in [0.2, 0.25) is 0 Å². The Balaban J connectivity index is 2.09. The molecule has 0 amide bonds. The second kappa shape index (κ2) is 6.98. The Morgan fingerprint density at radius 3 is 2.35 bits per heavy atom. The second-order valence-electron chi connectivity index (χ2n) is 4.36. The highest BCUT2D eigenvalue weighted by molar-refractivity contribution is 5.82. The van der Waals surface area contributed by atoms with Crippen LogP contribution in [0.25, 0.3) is 0 Å². The van der Waals surface area contributed by atoms with E-state index in [-0.39, 0.29) is 17.1 Å². The number of nitrogens with one attached hydrogen (secondary N) is 1. The van der Waals surface area contributed by atoms with Crippen LogP contribution in [-0.4, -0.2) is 23.2 Å². The number of methoxy groups -OCH3 is 1. The van der Waals surface area contributed by atoms with Crippen molar-refractivity contribution >= 4 is 23.3 Å². The summed E-state index contributed by atoms with van der Waals surface area (Å²) in [5, 5.41) is 25.4. The van der Waals surface area contributed by atoms with E-state index in [0.29, 0.717) is 11.3 Å². The van der Waals surface area contributed by atoms with Crippen molar-refractivity contribution in [3.8, 4) is 5.75 Å². The maximum absolute atomic E-state index is 10.9. The molecule has 9 heteroatoms. The Labute approximate surface area is 130 Å². The number of rotatable bonds is 6. The molecule has 0 saturated carbocycles. The zero-order valence-corrected chi connectivity index (χ0v) is 12.0. The van der Waals surface area contributed by atoms with Gasteiger partial charge in [0.1, 0.15) is 0 Å². The first-order chi connectivity index (χ1) is 11.0. The van der Waals surface area contributed by atoms with Crippen LogP contribution in [0.15, 0.2) is 47.6 Å². The minimum absolute atomic E-state index is 0.0229. The van der Waals surface area contributed by atoms with Crippen LogP contribution in [0.2, 0.25) is 0 Å². The highest BCUT2D eigenvalue weighted by Gasteiger charge is 2.14. The van der Waals surface area contributed by atoms with Crippen molar-refractivity contribution in [3.05, 3.63) is 68.3 Å². The van der Waals surface area contributed by atoms with Crippen molar-refractivity contribution in [1.82, 2.24) is 0 Å². The average Bonchev–Trinajstić information content (AvgIpc) is 2.55. The molecule has 0 bridgehead atoms. The molecule has 2 rings (SSSR count). The number of hydrogen-bond donors (Lipinski definition) is 1. The molecule has 0 heterocycles. The molecule has 0 aliphatic rings. The second-order valence-corrected chi connectivity index (χ2v) is 4.36. The van der Waals surface area contributed by atoms with E-state index in [2.05, 4.69) is 10.5 Å². The molecule has 0 atom stereocenters. The van der Waals surface area contributed by atoms with E-state index in [4.69, 9.17) is 4.74 Å².